The third kappa shape index (κ3) is 4.04. The van der Waals surface area contributed by atoms with Gasteiger partial charge in [-0.05, 0) is 44.2 Å². The third-order valence-corrected chi connectivity index (χ3v) is 4.70. The molecule has 0 aliphatic heterocycles. The molecular weight excluding hydrogens is 366 g/mol. The Morgan fingerprint density at radius 1 is 1.07 bits per heavy atom. The Morgan fingerprint density at radius 2 is 1.79 bits per heavy atom. The number of rotatable bonds is 6. The molecule has 6 nitrogen and oxygen atoms in total. The molecule has 0 saturated carbocycles. The number of nitrogens with one attached hydrogen (secondary N) is 1. The Kier molecular flexibility index (Phi) is 5.79. The van der Waals surface area contributed by atoms with Gasteiger partial charge in [-0.1, -0.05) is 24.3 Å². The van der Waals surface area contributed by atoms with Gasteiger partial charge in [0.2, 0.25) is 5.91 Å². The summed E-state index contributed by atoms with van der Waals surface area (Å²) < 4.78 is 7.06. The molecule has 1 amide bonds. The number of ketones is 1. The van der Waals surface area contributed by atoms with Crippen LogP contribution in [0.3, 0.4) is 0 Å². The summed E-state index contributed by atoms with van der Waals surface area (Å²) in [5.74, 6) is -2.08. The number of carbonyl (C=O) groups is 2. The van der Waals surface area contributed by atoms with E-state index in [2.05, 4.69) is 5.32 Å². The molecule has 146 valence electrons. The summed E-state index contributed by atoms with van der Waals surface area (Å²) in [6.07, 6.45) is 0. The Morgan fingerprint density at radius 3 is 2.45 bits per heavy atom. The predicted octanol–water partition coefficient (Wildman–Crippen LogP) is 4.06. The molecule has 1 unspecified atom stereocenters. The quantitative estimate of drug-likeness (QED) is 0.511. The number of nitriles is 1. The molecule has 2 aromatic carbocycles. The van der Waals surface area contributed by atoms with Crippen LogP contribution in [0.2, 0.25) is 0 Å². The number of hydrogen-bond acceptors (Lipinski definition) is 4. The van der Waals surface area contributed by atoms with Crippen molar-refractivity contribution in [1.82, 2.24) is 4.57 Å². The van der Waals surface area contributed by atoms with Crippen molar-refractivity contribution >= 4 is 17.4 Å². The lowest BCUT2D eigenvalue weighted by atomic mass is 9.98. The van der Waals surface area contributed by atoms with Crippen molar-refractivity contribution in [3.63, 3.8) is 0 Å². The molecule has 0 saturated heterocycles. The van der Waals surface area contributed by atoms with Gasteiger partial charge in [-0.3, -0.25) is 9.59 Å². The topological polar surface area (TPSA) is 84.1 Å². The lowest BCUT2D eigenvalue weighted by Crippen LogP contribution is -2.29. The highest BCUT2D eigenvalue weighted by Crippen LogP contribution is 2.24. The number of aryl methyl sites for hydroxylation is 1. The van der Waals surface area contributed by atoms with E-state index in [1.807, 2.05) is 54.8 Å². The van der Waals surface area contributed by atoms with E-state index in [1.165, 1.54) is 7.11 Å². The zero-order chi connectivity index (χ0) is 21.0. The maximum Gasteiger partial charge on any atom is 0.249 e. The van der Waals surface area contributed by atoms with Crippen molar-refractivity contribution in [1.29, 1.82) is 5.26 Å². The summed E-state index contributed by atoms with van der Waals surface area (Å²) in [5.41, 5.74) is 3.27. The van der Waals surface area contributed by atoms with Crippen LogP contribution in [0, 0.1) is 31.1 Å². The van der Waals surface area contributed by atoms with Gasteiger partial charge in [0.15, 0.2) is 11.7 Å². The molecule has 0 aliphatic carbocycles. The molecule has 0 aliphatic rings. The van der Waals surface area contributed by atoms with Gasteiger partial charge in [0.05, 0.1) is 13.2 Å². The number of anilines is 1. The monoisotopic (exact) mass is 387 g/mol. The lowest BCUT2D eigenvalue weighted by molar-refractivity contribution is -0.117. The molecule has 1 N–H and O–H groups in total. The van der Waals surface area contributed by atoms with Crippen LogP contribution in [0.5, 0.6) is 5.75 Å². The summed E-state index contributed by atoms with van der Waals surface area (Å²) in [4.78, 5) is 25.7. The number of carbonyl (C=O) groups excluding carboxylic acids is 2. The van der Waals surface area contributed by atoms with E-state index in [1.54, 1.807) is 30.3 Å². The van der Waals surface area contributed by atoms with Gasteiger partial charge >= 0.3 is 0 Å². The SMILES string of the molecule is COc1cccc(NC(=O)C(C#N)C(=O)c2cc(C)n(-c3ccccc3)c2C)c1. The average Bonchev–Trinajstić information content (AvgIpc) is 3.03. The molecule has 0 radical (unpaired) electrons. The second-order valence-electron chi connectivity index (χ2n) is 6.60. The van der Waals surface area contributed by atoms with Crippen molar-refractivity contribution in [2.75, 3.05) is 12.4 Å². The van der Waals surface area contributed by atoms with Crippen LogP contribution in [0.1, 0.15) is 21.7 Å². The highest BCUT2D eigenvalue weighted by molar-refractivity contribution is 6.16. The lowest BCUT2D eigenvalue weighted by Gasteiger charge is -2.12. The summed E-state index contributed by atoms with van der Waals surface area (Å²) in [6.45, 7) is 3.69. The maximum atomic E-state index is 13.0. The average molecular weight is 387 g/mol. The van der Waals surface area contributed by atoms with Crippen molar-refractivity contribution < 1.29 is 14.3 Å². The van der Waals surface area contributed by atoms with E-state index in [4.69, 9.17) is 4.74 Å². The Bertz CT molecular complexity index is 1090. The first-order valence-electron chi connectivity index (χ1n) is 9.09. The van der Waals surface area contributed by atoms with E-state index >= 15 is 0 Å². The van der Waals surface area contributed by atoms with Crippen LogP contribution >= 0.6 is 0 Å². The van der Waals surface area contributed by atoms with Gasteiger partial charge in [-0.15, -0.1) is 0 Å². The maximum absolute atomic E-state index is 13.0. The Hall–Kier alpha value is -3.85. The molecule has 1 atom stereocenters. The zero-order valence-corrected chi connectivity index (χ0v) is 16.5. The zero-order valence-electron chi connectivity index (χ0n) is 16.5. The second kappa shape index (κ2) is 8.44. The van der Waals surface area contributed by atoms with Crippen LogP contribution in [0.15, 0.2) is 60.7 Å². The highest BCUT2D eigenvalue weighted by Gasteiger charge is 2.30. The predicted molar refractivity (Wildman–Crippen MR) is 110 cm³/mol. The van der Waals surface area contributed by atoms with E-state index in [0.29, 0.717) is 22.7 Å². The summed E-state index contributed by atoms with van der Waals surface area (Å²) in [5, 5.41) is 12.1. The number of Topliss-reactive ketones (excluding diaryl/α,β-unsaturated/α-hetero) is 1. The summed E-state index contributed by atoms with van der Waals surface area (Å²) >= 11 is 0. The molecule has 0 fully saturated rings. The number of aromatic nitrogens is 1. The first-order valence-corrected chi connectivity index (χ1v) is 9.09. The van der Waals surface area contributed by atoms with E-state index < -0.39 is 17.6 Å². The molecule has 0 bridgehead atoms. The number of benzene rings is 2. The summed E-state index contributed by atoms with van der Waals surface area (Å²) in [6, 6.07) is 19.9. The van der Waals surface area contributed by atoms with Crippen molar-refractivity contribution in [2.24, 2.45) is 5.92 Å². The van der Waals surface area contributed by atoms with Crippen LogP contribution in [-0.4, -0.2) is 23.4 Å². The highest BCUT2D eigenvalue weighted by atomic mass is 16.5. The number of methoxy groups -OCH3 is 1. The fourth-order valence-electron chi connectivity index (χ4n) is 3.29. The van der Waals surface area contributed by atoms with Crippen LogP contribution < -0.4 is 10.1 Å². The fraction of sp³-hybridized carbons (Fsp3) is 0.174. The van der Waals surface area contributed by atoms with Gasteiger partial charge in [0.25, 0.3) is 0 Å². The van der Waals surface area contributed by atoms with E-state index in [0.717, 1.165) is 11.4 Å². The number of para-hydroxylation sites is 1. The van der Waals surface area contributed by atoms with E-state index in [9.17, 15) is 14.9 Å². The van der Waals surface area contributed by atoms with Crippen molar-refractivity contribution in [2.45, 2.75) is 13.8 Å². The normalized spacial score (nSPS) is 11.4. The smallest absolute Gasteiger partial charge is 0.249 e. The molecule has 29 heavy (non-hydrogen) atoms. The largest absolute Gasteiger partial charge is 0.497 e. The van der Waals surface area contributed by atoms with E-state index in [-0.39, 0.29) is 0 Å². The van der Waals surface area contributed by atoms with Crippen molar-refractivity contribution in [3.05, 3.63) is 77.6 Å². The molecule has 3 aromatic rings. The first-order chi connectivity index (χ1) is 14.0. The Labute approximate surface area is 169 Å². The van der Waals surface area contributed by atoms with Crippen LogP contribution in [-0.2, 0) is 4.79 Å². The molecule has 0 spiro atoms. The number of hydrogen-bond donors (Lipinski definition) is 1. The molecular formula is C23H21N3O3. The van der Waals surface area contributed by atoms with Gasteiger partial charge in [0, 0.05) is 34.4 Å². The molecule has 3 rings (SSSR count). The molecule has 1 heterocycles. The third-order valence-electron chi connectivity index (χ3n) is 4.70. The van der Waals surface area contributed by atoms with Crippen molar-refractivity contribution in [3.8, 4) is 17.5 Å². The van der Waals surface area contributed by atoms with Crippen LogP contribution in [0.25, 0.3) is 5.69 Å². The summed E-state index contributed by atoms with van der Waals surface area (Å²) in [7, 11) is 1.52. The van der Waals surface area contributed by atoms with Gasteiger partial charge < -0.3 is 14.6 Å². The second-order valence-corrected chi connectivity index (χ2v) is 6.60. The fourth-order valence-corrected chi connectivity index (χ4v) is 3.29. The minimum absolute atomic E-state index is 0.360. The number of ether oxygens (including phenoxy) is 1. The Balaban J connectivity index is 1.88. The van der Waals surface area contributed by atoms with Gasteiger partial charge in [0.1, 0.15) is 5.75 Å². The number of amides is 1. The minimum Gasteiger partial charge on any atom is -0.497 e. The first kappa shape index (κ1) is 19.9. The molecule has 1 aromatic heterocycles. The standard InChI is InChI=1S/C23H21N3O3/c1-15-12-20(16(2)26(15)18-9-5-4-6-10-18)22(27)21(14-24)23(28)25-17-8-7-11-19(13-17)29-3/h4-13,21H,1-3H3,(H,25,28). The van der Waals surface area contributed by atoms with Gasteiger partial charge in [-0.25, -0.2) is 0 Å². The number of nitrogens with zero attached hydrogens (tertiary/aromatic N) is 2. The van der Waals surface area contributed by atoms with Gasteiger partial charge in [-0.2, -0.15) is 5.26 Å². The minimum atomic E-state index is -1.45. The van der Waals surface area contributed by atoms with Crippen LogP contribution in [0.4, 0.5) is 5.69 Å². The molecule has 6 heteroatoms.